The maximum absolute atomic E-state index is 13.0. The highest BCUT2D eigenvalue weighted by molar-refractivity contribution is 5.18. The highest BCUT2D eigenvalue weighted by Gasteiger charge is 2.10. The number of hydrogen-bond acceptors (Lipinski definition) is 2. The summed E-state index contributed by atoms with van der Waals surface area (Å²) >= 11 is 0. The number of rotatable bonds is 6. The van der Waals surface area contributed by atoms with Gasteiger partial charge in [-0.1, -0.05) is 26.0 Å². The smallest absolute Gasteiger partial charge is 0.123 e. The van der Waals surface area contributed by atoms with Gasteiger partial charge < -0.3 is 10.0 Å². The predicted molar refractivity (Wildman–Crippen MR) is 68.3 cm³/mol. The van der Waals surface area contributed by atoms with Crippen molar-refractivity contribution in [2.75, 3.05) is 20.1 Å². The first-order valence-corrected chi connectivity index (χ1v) is 6.11. The molecule has 0 aliphatic carbocycles. The van der Waals surface area contributed by atoms with Crippen molar-refractivity contribution in [1.29, 1.82) is 0 Å². The maximum atomic E-state index is 13.0. The molecule has 0 bridgehead atoms. The molecule has 0 saturated heterocycles. The molecule has 1 aromatic carbocycles. The largest absolute Gasteiger partial charge is 0.388 e. The third kappa shape index (κ3) is 5.29. The van der Waals surface area contributed by atoms with Gasteiger partial charge in [-0.05, 0) is 37.1 Å². The summed E-state index contributed by atoms with van der Waals surface area (Å²) in [5, 5.41) is 9.93. The minimum atomic E-state index is -0.583. The fourth-order valence-electron chi connectivity index (χ4n) is 1.94. The third-order valence-corrected chi connectivity index (χ3v) is 2.69. The monoisotopic (exact) mass is 239 g/mol. The molecule has 17 heavy (non-hydrogen) atoms. The standard InChI is InChI=1S/C14H22FNO/c1-11(2)10-16(3)8-7-14(17)12-5-4-6-13(15)9-12/h4-6,9,11,14,17H,7-8,10H2,1-3H3. The first-order valence-electron chi connectivity index (χ1n) is 6.11. The van der Waals surface area contributed by atoms with Crippen LogP contribution in [0.5, 0.6) is 0 Å². The fourth-order valence-corrected chi connectivity index (χ4v) is 1.94. The molecule has 0 radical (unpaired) electrons. The Balaban J connectivity index is 2.42. The van der Waals surface area contributed by atoms with E-state index >= 15 is 0 Å². The molecule has 1 rings (SSSR count). The second-order valence-electron chi connectivity index (χ2n) is 5.02. The predicted octanol–water partition coefficient (Wildman–Crippen LogP) is 2.84. The lowest BCUT2D eigenvalue weighted by atomic mass is 10.1. The number of nitrogens with zero attached hydrogens (tertiary/aromatic N) is 1. The number of halogens is 1. The van der Waals surface area contributed by atoms with Gasteiger partial charge in [-0.25, -0.2) is 4.39 Å². The number of hydrogen-bond donors (Lipinski definition) is 1. The summed E-state index contributed by atoms with van der Waals surface area (Å²) in [6.45, 7) is 6.16. The highest BCUT2D eigenvalue weighted by atomic mass is 19.1. The summed E-state index contributed by atoms with van der Waals surface area (Å²) < 4.78 is 13.0. The van der Waals surface area contributed by atoms with Crippen molar-refractivity contribution in [2.45, 2.75) is 26.4 Å². The molecule has 0 amide bonds. The summed E-state index contributed by atoms with van der Waals surface area (Å²) in [6.07, 6.45) is 0.0486. The van der Waals surface area contributed by atoms with Gasteiger partial charge in [0, 0.05) is 13.1 Å². The molecule has 0 spiro atoms. The van der Waals surface area contributed by atoms with E-state index in [0.717, 1.165) is 13.1 Å². The lowest BCUT2D eigenvalue weighted by Crippen LogP contribution is -2.25. The molecule has 1 unspecified atom stereocenters. The Labute approximate surface area is 103 Å². The molecule has 0 aromatic heterocycles. The molecule has 2 nitrogen and oxygen atoms in total. The average Bonchev–Trinajstić information content (AvgIpc) is 2.25. The Morgan fingerprint density at radius 3 is 2.65 bits per heavy atom. The summed E-state index contributed by atoms with van der Waals surface area (Å²) in [4.78, 5) is 2.19. The van der Waals surface area contributed by atoms with E-state index in [2.05, 4.69) is 18.7 Å². The molecule has 0 aliphatic rings. The fraction of sp³-hybridized carbons (Fsp3) is 0.571. The van der Waals surface area contributed by atoms with E-state index in [1.165, 1.54) is 12.1 Å². The van der Waals surface area contributed by atoms with Gasteiger partial charge >= 0.3 is 0 Å². The van der Waals surface area contributed by atoms with Crippen molar-refractivity contribution >= 4 is 0 Å². The molecule has 3 heteroatoms. The Morgan fingerprint density at radius 2 is 2.06 bits per heavy atom. The average molecular weight is 239 g/mol. The van der Waals surface area contributed by atoms with Crippen LogP contribution in [0.15, 0.2) is 24.3 Å². The van der Waals surface area contributed by atoms with Crippen LogP contribution in [0.2, 0.25) is 0 Å². The SMILES string of the molecule is CC(C)CN(C)CCC(O)c1cccc(F)c1. The first kappa shape index (κ1) is 14.1. The van der Waals surface area contributed by atoms with Gasteiger partial charge in [-0.3, -0.25) is 0 Å². The van der Waals surface area contributed by atoms with Crippen molar-refractivity contribution in [3.8, 4) is 0 Å². The van der Waals surface area contributed by atoms with E-state index in [1.807, 2.05) is 7.05 Å². The normalized spacial score (nSPS) is 13.4. The molecular formula is C14H22FNO. The minimum absolute atomic E-state index is 0.294. The molecule has 1 aromatic rings. The van der Waals surface area contributed by atoms with E-state index < -0.39 is 6.10 Å². The third-order valence-electron chi connectivity index (χ3n) is 2.69. The lowest BCUT2D eigenvalue weighted by molar-refractivity contribution is 0.145. The number of aliphatic hydroxyl groups is 1. The molecule has 0 aliphatic heterocycles. The Kier molecular flexibility index (Phi) is 5.59. The van der Waals surface area contributed by atoms with Crippen LogP contribution < -0.4 is 0 Å². The van der Waals surface area contributed by atoms with E-state index in [-0.39, 0.29) is 5.82 Å². The van der Waals surface area contributed by atoms with E-state index in [1.54, 1.807) is 12.1 Å². The molecule has 0 saturated carbocycles. The maximum Gasteiger partial charge on any atom is 0.123 e. The second-order valence-corrected chi connectivity index (χ2v) is 5.02. The van der Waals surface area contributed by atoms with Crippen LogP contribution in [0.1, 0.15) is 31.9 Å². The zero-order chi connectivity index (χ0) is 12.8. The second kappa shape index (κ2) is 6.72. The highest BCUT2D eigenvalue weighted by Crippen LogP contribution is 2.17. The van der Waals surface area contributed by atoms with Gasteiger partial charge in [0.25, 0.3) is 0 Å². The molecule has 0 fully saturated rings. The molecule has 0 heterocycles. The summed E-state index contributed by atoms with van der Waals surface area (Å²) in [5.41, 5.74) is 0.656. The van der Waals surface area contributed by atoms with Gasteiger partial charge in [0.2, 0.25) is 0 Å². The molecule has 1 atom stereocenters. The van der Waals surface area contributed by atoms with Gasteiger partial charge in [0.15, 0.2) is 0 Å². The summed E-state index contributed by atoms with van der Waals surface area (Å²) in [6, 6.07) is 6.18. The van der Waals surface area contributed by atoms with E-state index in [0.29, 0.717) is 17.9 Å². The van der Waals surface area contributed by atoms with Crippen molar-refractivity contribution in [2.24, 2.45) is 5.92 Å². The van der Waals surface area contributed by atoms with Crippen LogP contribution in [0.4, 0.5) is 4.39 Å². The first-order chi connectivity index (χ1) is 7.99. The number of aliphatic hydroxyl groups excluding tert-OH is 1. The van der Waals surface area contributed by atoms with Crippen LogP contribution in [-0.2, 0) is 0 Å². The number of benzene rings is 1. The molecular weight excluding hydrogens is 217 g/mol. The lowest BCUT2D eigenvalue weighted by Gasteiger charge is -2.20. The quantitative estimate of drug-likeness (QED) is 0.825. The van der Waals surface area contributed by atoms with Crippen LogP contribution in [0.3, 0.4) is 0 Å². The van der Waals surface area contributed by atoms with Gasteiger partial charge in [0.1, 0.15) is 5.82 Å². The topological polar surface area (TPSA) is 23.5 Å². The Hall–Kier alpha value is -0.930. The van der Waals surface area contributed by atoms with E-state index in [4.69, 9.17) is 0 Å². The van der Waals surface area contributed by atoms with Crippen LogP contribution in [0, 0.1) is 11.7 Å². The summed E-state index contributed by atoms with van der Waals surface area (Å²) in [7, 11) is 2.04. The van der Waals surface area contributed by atoms with Crippen molar-refractivity contribution in [1.82, 2.24) is 4.90 Å². The molecule has 96 valence electrons. The zero-order valence-corrected chi connectivity index (χ0v) is 10.9. The van der Waals surface area contributed by atoms with Crippen molar-refractivity contribution in [3.05, 3.63) is 35.6 Å². The molecule has 1 N–H and O–H groups in total. The van der Waals surface area contributed by atoms with Crippen molar-refractivity contribution in [3.63, 3.8) is 0 Å². The van der Waals surface area contributed by atoms with Crippen LogP contribution in [-0.4, -0.2) is 30.1 Å². The Morgan fingerprint density at radius 1 is 1.35 bits per heavy atom. The van der Waals surface area contributed by atoms with Gasteiger partial charge in [-0.2, -0.15) is 0 Å². The van der Waals surface area contributed by atoms with Crippen molar-refractivity contribution < 1.29 is 9.50 Å². The minimum Gasteiger partial charge on any atom is -0.388 e. The van der Waals surface area contributed by atoms with Gasteiger partial charge in [0.05, 0.1) is 6.10 Å². The zero-order valence-electron chi connectivity index (χ0n) is 10.9. The summed E-state index contributed by atoms with van der Waals surface area (Å²) in [5.74, 6) is 0.323. The van der Waals surface area contributed by atoms with Crippen LogP contribution in [0.25, 0.3) is 0 Å². The van der Waals surface area contributed by atoms with Crippen LogP contribution >= 0.6 is 0 Å². The van der Waals surface area contributed by atoms with E-state index in [9.17, 15) is 9.50 Å². The Bertz CT molecular complexity index is 341. The van der Waals surface area contributed by atoms with Gasteiger partial charge in [-0.15, -0.1) is 0 Å².